The zero-order valence-electron chi connectivity index (χ0n) is 19.4. The van der Waals surface area contributed by atoms with Crippen LogP contribution in [-0.4, -0.2) is 54.8 Å². The number of nitrogens with two attached hydrogens (primary N) is 1. The number of likely N-dealkylation sites (tertiary alicyclic amines) is 1. The second-order valence-electron chi connectivity index (χ2n) is 8.21. The van der Waals surface area contributed by atoms with Crippen molar-refractivity contribution in [3.8, 4) is 0 Å². The number of benzene rings is 1. The lowest BCUT2D eigenvalue weighted by atomic mass is 10.0. The first-order chi connectivity index (χ1) is 15.3. The number of hydrogen-bond acceptors (Lipinski definition) is 7. The highest BCUT2D eigenvalue weighted by atomic mass is 19.1. The number of pyridine rings is 1. The summed E-state index contributed by atoms with van der Waals surface area (Å²) in [4.78, 5) is 28.3. The number of nitrogen functional groups attached to an aromatic ring is 1. The van der Waals surface area contributed by atoms with E-state index in [4.69, 9.17) is 10.5 Å². The van der Waals surface area contributed by atoms with Gasteiger partial charge in [-0.1, -0.05) is 6.92 Å². The quantitative estimate of drug-likeness (QED) is 0.422. The standard InChI is InChI=1S/C23H34FN5O3/c1-5-10-26-22-18(23(31)32-7-3)21(30)17-16(29(22)6-2)13-15(19(24)20(17)25)27-14-8-11-28(4)12-9-14/h13-14,26-27H,5-12,25H2,1-4H3. The maximum Gasteiger partial charge on any atom is 0.345 e. The minimum absolute atomic E-state index is 0.00313. The molecule has 4 N–H and O–H groups in total. The number of carbonyl (C=O) groups is 1. The average molecular weight is 448 g/mol. The fourth-order valence-electron chi connectivity index (χ4n) is 4.23. The van der Waals surface area contributed by atoms with Crippen LogP contribution >= 0.6 is 0 Å². The van der Waals surface area contributed by atoms with Gasteiger partial charge in [-0.2, -0.15) is 0 Å². The van der Waals surface area contributed by atoms with Gasteiger partial charge in [-0.25, -0.2) is 9.18 Å². The van der Waals surface area contributed by atoms with Gasteiger partial charge in [0.15, 0.2) is 5.82 Å². The monoisotopic (exact) mass is 447 g/mol. The Kier molecular flexibility index (Phi) is 7.60. The number of esters is 1. The van der Waals surface area contributed by atoms with Gasteiger partial charge < -0.3 is 30.6 Å². The summed E-state index contributed by atoms with van der Waals surface area (Å²) in [6, 6.07) is 1.76. The van der Waals surface area contributed by atoms with Gasteiger partial charge in [0.1, 0.15) is 11.4 Å². The van der Waals surface area contributed by atoms with Crippen LogP contribution in [0.4, 0.5) is 21.6 Å². The molecule has 1 aliphatic heterocycles. The average Bonchev–Trinajstić information content (AvgIpc) is 2.77. The van der Waals surface area contributed by atoms with Crippen molar-refractivity contribution in [3.05, 3.63) is 27.7 Å². The molecule has 0 spiro atoms. The number of nitrogens with zero attached hydrogens (tertiary/aromatic N) is 2. The minimum atomic E-state index is -0.742. The highest BCUT2D eigenvalue weighted by molar-refractivity contribution is 6.03. The fraction of sp³-hybridized carbons (Fsp3) is 0.565. The molecule has 8 nitrogen and oxygen atoms in total. The molecule has 0 bridgehead atoms. The lowest BCUT2D eigenvalue weighted by Crippen LogP contribution is -2.37. The van der Waals surface area contributed by atoms with E-state index in [2.05, 4.69) is 22.6 Å². The van der Waals surface area contributed by atoms with Crippen LogP contribution in [0.2, 0.25) is 0 Å². The number of anilines is 3. The maximum absolute atomic E-state index is 15.3. The molecule has 0 radical (unpaired) electrons. The molecule has 0 aliphatic carbocycles. The molecule has 1 aromatic heterocycles. The van der Waals surface area contributed by atoms with E-state index in [0.29, 0.717) is 24.4 Å². The van der Waals surface area contributed by atoms with Gasteiger partial charge in [0.05, 0.1) is 28.9 Å². The number of nitrogens with one attached hydrogen (secondary N) is 2. The minimum Gasteiger partial charge on any atom is -0.462 e. The number of aryl methyl sites for hydroxylation is 1. The second kappa shape index (κ2) is 10.2. The number of piperidine rings is 1. The van der Waals surface area contributed by atoms with E-state index in [9.17, 15) is 9.59 Å². The first-order valence-electron chi connectivity index (χ1n) is 11.4. The zero-order chi connectivity index (χ0) is 23.4. The summed E-state index contributed by atoms with van der Waals surface area (Å²) in [5, 5.41) is 6.48. The summed E-state index contributed by atoms with van der Waals surface area (Å²) in [6.07, 6.45) is 2.58. The molecule has 0 atom stereocenters. The predicted octanol–water partition coefficient (Wildman–Crippen LogP) is 3.25. The molecule has 1 aliphatic rings. The highest BCUT2D eigenvalue weighted by Crippen LogP contribution is 2.33. The molecule has 0 saturated carbocycles. The van der Waals surface area contributed by atoms with Crippen molar-refractivity contribution in [1.29, 1.82) is 0 Å². The lowest BCUT2D eigenvalue weighted by molar-refractivity contribution is 0.0525. The molecular weight excluding hydrogens is 413 g/mol. The molecule has 3 rings (SSSR count). The molecule has 1 fully saturated rings. The van der Waals surface area contributed by atoms with E-state index in [1.54, 1.807) is 17.6 Å². The van der Waals surface area contributed by atoms with E-state index in [1.165, 1.54) is 0 Å². The smallest absolute Gasteiger partial charge is 0.345 e. The molecule has 2 heterocycles. The largest absolute Gasteiger partial charge is 0.462 e. The number of aromatic nitrogens is 1. The summed E-state index contributed by atoms with van der Waals surface area (Å²) in [6.45, 7) is 8.56. The summed E-state index contributed by atoms with van der Waals surface area (Å²) in [5.74, 6) is -1.03. The predicted molar refractivity (Wildman–Crippen MR) is 127 cm³/mol. The Bertz CT molecular complexity index is 1040. The number of halogens is 1. The van der Waals surface area contributed by atoms with Crippen molar-refractivity contribution in [2.45, 2.75) is 52.6 Å². The molecule has 0 amide bonds. The third-order valence-electron chi connectivity index (χ3n) is 5.95. The van der Waals surface area contributed by atoms with Crippen molar-refractivity contribution in [2.75, 3.05) is 49.7 Å². The van der Waals surface area contributed by atoms with Crippen molar-refractivity contribution in [3.63, 3.8) is 0 Å². The van der Waals surface area contributed by atoms with Crippen LogP contribution < -0.4 is 21.8 Å². The van der Waals surface area contributed by atoms with Gasteiger partial charge in [0.25, 0.3) is 0 Å². The number of hydrogen-bond donors (Lipinski definition) is 3. The summed E-state index contributed by atoms with van der Waals surface area (Å²) < 4.78 is 22.2. The second-order valence-corrected chi connectivity index (χ2v) is 8.21. The van der Waals surface area contributed by atoms with Gasteiger partial charge in [-0.05, 0) is 59.3 Å². The topological polar surface area (TPSA) is 102 Å². The van der Waals surface area contributed by atoms with Crippen LogP contribution in [0, 0.1) is 5.82 Å². The molecule has 0 unspecified atom stereocenters. The van der Waals surface area contributed by atoms with Gasteiger partial charge in [0, 0.05) is 19.1 Å². The van der Waals surface area contributed by atoms with Gasteiger partial charge in [-0.15, -0.1) is 0 Å². The van der Waals surface area contributed by atoms with Crippen LogP contribution in [0.15, 0.2) is 10.9 Å². The van der Waals surface area contributed by atoms with E-state index in [0.717, 1.165) is 32.4 Å². The number of rotatable bonds is 8. The molecule has 32 heavy (non-hydrogen) atoms. The summed E-state index contributed by atoms with van der Waals surface area (Å²) >= 11 is 0. The van der Waals surface area contributed by atoms with Crippen LogP contribution in [0.3, 0.4) is 0 Å². The molecular formula is C23H34FN5O3. The van der Waals surface area contributed by atoms with Crippen molar-refractivity contribution < 1.29 is 13.9 Å². The lowest BCUT2D eigenvalue weighted by Gasteiger charge is -2.30. The van der Waals surface area contributed by atoms with Crippen LogP contribution in [0.25, 0.3) is 10.9 Å². The van der Waals surface area contributed by atoms with Crippen molar-refractivity contribution in [1.82, 2.24) is 9.47 Å². The Morgan fingerprint density at radius 3 is 2.56 bits per heavy atom. The van der Waals surface area contributed by atoms with Crippen LogP contribution in [0.1, 0.15) is 50.4 Å². The Morgan fingerprint density at radius 1 is 1.28 bits per heavy atom. The summed E-state index contributed by atoms with van der Waals surface area (Å²) in [7, 11) is 2.07. The van der Waals surface area contributed by atoms with E-state index in [1.807, 2.05) is 13.8 Å². The molecule has 176 valence electrons. The Balaban J connectivity index is 2.22. The summed E-state index contributed by atoms with van der Waals surface area (Å²) in [5.41, 5.74) is 5.90. The first kappa shape index (κ1) is 23.8. The fourth-order valence-corrected chi connectivity index (χ4v) is 4.23. The van der Waals surface area contributed by atoms with Gasteiger partial charge in [-0.3, -0.25) is 4.79 Å². The van der Waals surface area contributed by atoms with Crippen LogP contribution in [0.5, 0.6) is 0 Å². The third kappa shape index (κ3) is 4.53. The molecule has 9 heteroatoms. The van der Waals surface area contributed by atoms with Crippen LogP contribution in [-0.2, 0) is 11.3 Å². The number of carbonyl (C=O) groups excluding carboxylic acids is 1. The molecule has 2 aromatic rings. The number of ether oxygens (including phenoxy) is 1. The van der Waals surface area contributed by atoms with E-state index in [-0.39, 0.29) is 35.0 Å². The molecule has 1 aromatic carbocycles. The maximum atomic E-state index is 15.3. The third-order valence-corrected chi connectivity index (χ3v) is 5.95. The SMILES string of the molecule is CCCNc1c(C(=O)OCC)c(=O)c2c(N)c(F)c(NC3CCN(C)CC3)cc2n1CC. The van der Waals surface area contributed by atoms with Crippen molar-refractivity contribution in [2.24, 2.45) is 0 Å². The normalized spacial score (nSPS) is 15.2. The van der Waals surface area contributed by atoms with Gasteiger partial charge >= 0.3 is 5.97 Å². The Hall–Kier alpha value is -2.81. The van der Waals surface area contributed by atoms with E-state index < -0.39 is 17.2 Å². The Labute approximate surface area is 187 Å². The van der Waals surface area contributed by atoms with Gasteiger partial charge in [0.2, 0.25) is 5.43 Å². The zero-order valence-corrected chi connectivity index (χ0v) is 19.4. The number of fused-ring (bicyclic) bond motifs is 1. The first-order valence-corrected chi connectivity index (χ1v) is 11.4. The highest BCUT2D eigenvalue weighted by Gasteiger charge is 2.27. The van der Waals surface area contributed by atoms with Crippen molar-refractivity contribution >= 4 is 34.1 Å². The Morgan fingerprint density at radius 2 is 1.97 bits per heavy atom. The molecule has 1 saturated heterocycles. The van der Waals surface area contributed by atoms with E-state index >= 15 is 4.39 Å².